The monoisotopic (exact) mass is 508 g/mol. The van der Waals surface area contributed by atoms with Crippen LogP contribution in [-0.4, -0.2) is 39.2 Å². The summed E-state index contributed by atoms with van der Waals surface area (Å²) in [5.74, 6) is -0.748. The topological polar surface area (TPSA) is 67.9 Å². The van der Waals surface area contributed by atoms with E-state index in [1.54, 1.807) is 0 Å². The van der Waals surface area contributed by atoms with Crippen LogP contribution in [0.4, 0.5) is 11.4 Å². The maximum Gasteiger partial charge on any atom is 0.339 e. The number of benzene rings is 2. The summed E-state index contributed by atoms with van der Waals surface area (Å²) < 4.78 is 11.2. The van der Waals surface area contributed by atoms with Gasteiger partial charge in [0.05, 0.1) is 31.4 Å². The fraction of sp³-hybridized carbons (Fsp3) is 0.300. The summed E-state index contributed by atoms with van der Waals surface area (Å²) in [6.07, 6.45) is 0.890. The Morgan fingerprint density at radius 2 is 1.68 bits per heavy atom. The van der Waals surface area contributed by atoms with Gasteiger partial charge in [0.15, 0.2) is 0 Å². The van der Waals surface area contributed by atoms with Crippen molar-refractivity contribution >= 4 is 55.2 Å². The number of ether oxygens (including phenoxy) is 2. The molecular weight excluding hydrogens is 492 g/mol. The molecule has 2 aromatic rings. The number of methoxy groups -OCH3 is 2. The number of halogens is 2. The van der Waals surface area contributed by atoms with Crippen molar-refractivity contribution in [2.45, 2.75) is 12.5 Å². The zero-order chi connectivity index (χ0) is 20.0. The van der Waals surface area contributed by atoms with Crippen molar-refractivity contribution in [2.24, 2.45) is 0 Å². The van der Waals surface area contributed by atoms with Gasteiger partial charge in [-0.15, -0.1) is 0 Å². The zero-order valence-electron chi connectivity index (χ0n) is 15.3. The highest BCUT2D eigenvalue weighted by Crippen LogP contribution is 2.43. The van der Waals surface area contributed by atoms with Gasteiger partial charge in [0, 0.05) is 39.0 Å². The van der Waals surface area contributed by atoms with Crippen LogP contribution in [0.25, 0.3) is 0 Å². The molecular formula is C20H18Br2N2O4. The van der Waals surface area contributed by atoms with Gasteiger partial charge in [0.2, 0.25) is 0 Å². The Labute approximate surface area is 179 Å². The molecule has 28 heavy (non-hydrogen) atoms. The highest BCUT2D eigenvalue weighted by Gasteiger charge is 2.34. The van der Waals surface area contributed by atoms with Gasteiger partial charge in [-0.05, 0) is 68.1 Å². The van der Waals surface area contributed by atoms with Crippen LogP contribution in [0.5, 0.6) is 0 Å². The molecule has 146 valence electrons. The molecule has 8 heteroatoms. The van der Waals surface area contributed by atoms with Crippen LogP contribution >= 0.6 is 31.9 Å². The number of anilines is 2. The second-order valence-corrected chi connectivity index (χ2v) is 8.41. The molecule has 1 atom stereocenters. The van der Waals surface area contributed by atoms with Gasteiger partial charge in [-0.25, -0.2) is 9.59 Å². The lowest BCUT2D eigenvalue weighted by Crippen LogP contribution is -2.28. The van der Waals surface area contributed by atoms with E-state index in [-0.39, 0.29) is 18.0 Å². The molecule has 0 radical (unpaired) electrons. The van der Waals surface area contributed by atoms with E-state index in [0.717, 1.165) is 40.9 Å². The first-order chi connectivity index (χ1) is 13.4. The quantitative estimate of drug-likeness (QED) is 0.622. The Morgan fingerprint density at radius 1 is 1.04 bits per heavy atom. The number of nitrogens with zero attached hydrogens (tertiary/aromatic N) is 1. The maximum absolute atomic E-state index is 12.1. The average molecular weight is 510 g/mol. The molecule has 0 amide bonds. The SMILES string of the molecule is COC(=O)c1cc2c(cc1Br)NCC2N1CCc2cc(Br)c(C(=O)OC)cc21. The van der Waals surface area contributed by atoms with Crippen LogP contribution in [0, 0.1) is 0 Å². The van der Waals surface area contributed by atoms with E-state index in [1.807, 2.05) is 24.3 Å². The summed E-state index contributed by atoms with van der Waals surface area (Å²) in [5, 5.41) is 3.42. The summed E-state index contributed by atoms with van der Waals surface area (Å²) in [7, 11) is 2.75. The molecule has 2 aliphatic heterocycles. The Bertz CT molecular complexity index is 913. The Morgan fingerprint density at radius 3 is 2.36 bits per heavy atom. The van der Waals surface area contributed by atoms with Gasteiger partial charge in [0.1, 0.15) is 0 Å². The minimum Gasteiger partial charge on any atom is -0.465 e. The smallest absolute Gasteiger partial charge is 0.339 e. The summed E-state index contributed by atoms with van der Waals surface area (Å²) >= 11 is 6.92. The van der Waals surface area contributed by atoms with Crippen LogP contribution in [0.2, 0.25) is 0 Å². The predicted molar refractivity (Wildman–Crippen MR) is 113 cm³/mol. The second-order valence-electron chi connectivity index (χ2n) is 6.70. The summed E-state index contributed by atoms with van der Waals surface area (Å²) in [4.78, 5) is 26.5. The molecule has 4 rings (SSSR count). The minimum absolute atomic E-state index is 0.0550. The molecule has 0 aromatic heterocycles. The van der Waals surface area contributed by atoms with E-state index in [9.17, 15) is 9.59 Å². The summed E-state index contributed by atoms with van der Waals surface area (Å²) in [6, 6.07) is 7.73. The lowest BCUT2D eigenvalue weighted by molar-refractivity contribution is 0.0590. The van der Waals surface area contributed by atoms with Crippen LogP contribution in [0.3, 0.4) is 0 Å². The number of carbonyl (C=O) groups is 2. The lowest BCUT2D eigenvalue weighted by Gasteiger charge is -2.27. The standard InChI is InChI=1S/C20H18Br2N2O4/c1-27-19(25)11-6-13-16(8-15(11)22)23-9-18(13)24-4-3-10-5-14(21)12(7-17(10)24)20(26)28-2/h5-8,18,23H,3-4,9H2,1-2H3. The van der Waals surface area contributed by atoms with Gasteiger partial charge < -0.3 is 19.7 Å². The highest BCUT2D eigenvalue weighted by molar-refractivity contribution is 9.10. The van der Waals surface area contributed by atoms with Gasteiger partial charge in [-0.1, -0.05) is 0 Å². The number of rotatable bonds is 3. The summed E-state index contributed by atoms with van der Waals surface area (Å²) in [5.41, 5.74) is 5.23. The molecule has 1 unspecified atom stereocenters. The minimum atomic E-state index is -0.376. The molecule has 2 heterocycles. The van der Waals surface area contributed by atoms with E-state index in [0.29, 0.717) is 15.6 Å². The molecule has 0 aliphatic carbocycles. The molecule has 0 bridgehead atoms. The third-order valence-corrected chi connectivity index (χ3v) is 6.58. The van der Waals surface area contributed by atoms with Crippen LogP contribution in [0.1, 0.15) is 37.9 Å². The zero-order valence-corrected chi connectivity index (χ0v) is 18.5. The van der Waals surface area contributed by atoms with Crippen molar-refractivity contribution in [3.63, 3.8) is 0 Å². The predicted octanol–water partition coefficient (Wildman–Crippen LogP) is 4.31. The number of hydrogen-bond acceptors (Lipinski definition) is 6. The number of esters is 2. The third kappa shape index (κ3) is 3.08. The molecule has 0 saturated heterocycles. The number of hydrogen-bond donors (Lipinski definition) is 1. The molecule has 0 fully saturated rings. The van der Waals surface area contributed by atoms with E-state index >= 15 is 0 Å². The highest BCUT2D eigenvalue weighted by atomic mass is 79.9. The van der Waals surface area contributed by atoms with E-state index in [2.05, 4.69) is 42.1 Å². The molecule has 2 aliphatic rings. The van der Waals surface area contributed by atoms with Gasteiger partial charge in [-0.3, -0.25) is 0 Å². The molecule has 2 aromatic carbocycles. The third-order valence-electron chi connectivity index (χ3n) is 5.27. The van der Waals surface area contributed by atoms with Crippen molar-refractivity contribution in [1.82, 2.24) is 0 Å². The van der Waals surface area contributed by atoms with Gasteiger partial charge >= 0.3 is 11.9 Å². The summed E-state index contributed by atoms with van der Waals surface area (Å²) in [6.45, 7) is 1.55. The normalized spacial score (nSPS) is 17.0. The van der Waals surface area contributed by atoms with Crippen molar-refractivity contribution in [3.05, 3.63) is 55.5 Å². The Hall–Kier alpha value is -2.06. The first-order valence-electron chi connectivity index (χ1n) is 8.77. The average Bonchev–Trinajstić information content (AvgIpc) is 3.28. The van der Waals surface area contributed by atoms with Crippen LogP contribution in [0.15, 0.2) is 33.2 Å². The maximum atomic E-state index is 12.1. The first kappa shape index (κ1) is 19.3. The van der Waals surface area contributed by atoms with Crippen molar-refractivity contribution < 1.29 is 19.1 Å². The van der Waals surface area contributed by atoms with Crippen molar-refractivity contribution in [1.29, 1.82) is 0 Å². The second kappa shape index (κ2) is 7.40. The van der Waals surface area contributed by atoms with Crippen molar-refractivity contribution in [2.75, 3.05) is 37.5 Å². The first-order valence-corrected chi connectivity index (χ1v) is 10.4. The van der Waals surface area contributed by atoms with Gasteiger partial charge in [-0.2, -0.15) is 0 Å². The lowest BCUT2D eigenvalue weighted by atomic mass is 10.0. The van der Waals surface area contributed by atoms with E-state index < -0.39 is 0 Å². The largest absolute Gasteiger partial charge is 0.465 e. The van der Waals surface area contributed by atoms with E-state index in [4.69, 9.17) is 9.47 Å². The Balaban J connectivity index is 1.75. The molecule has 0 spiro atoms. The molecule has 0 saturated carbocycles. The van der Waals surface area contributed by atoms with Crippen molar-refractivity contribution in [3.8, 4) is 0 Å². The number of fused-ring (bicyclic) bond motifs is 2. The van der Waals surface area contributed by atoms with E-state index in [1.165, 1.54) is 19.8 Å². The molecule has 1 N–H and O–H groups in total. The van der Waals surface area contributed by atoms with Crippen LogP contribution < -0.4 is 10.2 Å². The Kier molecular flexibility index (Phi) is 5.09. The fourth-order valence-corrected chi connectivity index (χ4v) is 4.96. The van der Waals surface area contributed by atoms with Gasteiger partial charge in [0.25, 0.3) is 0 Å². The fourth-order valence-electron chi connectivity index (χ4n) is 3.90. The molecule has 6 nitrogen and oxygen atoms in total. The van der Waals surface area contributed by atoms with Crippen LogP contribution in [-0.2, 0) is 15.9 Å². The number of nitrogens with one attached hydrogen (secondary N) is 1. The number of carbonyl (C=O) groups excluding carboxylic acids is 2.